The van der Waals surface area contributed by atoms with Crippen LogP contribution in [0.2, 0.25) is 0 Å². The van der Waals surface area contributed by atoms with Crippen molar-refractivity contribution in [2.75, 3.05) is 32.8 Å². The summed E-state index contributed by atoms with van der Waals surface area (Å²) in [6, 6.07) is 21.5. The van der Waals surface area contributed by atoms with E-state index in [-0.39, 0.29) is 6.04 Å². The van der Waals surface area contributed by atoms with E-state index in [0.29, 0.717) is 23.7 Å². The molecule has 36 heavy (non-hydrogen) atoms. The largest absolute Gasteiger partial charge is 0.488 e. The molecule has 3 heterocycles. The molecule has 1 amide bonds. The Morgan fingerprint density at radius 2 is 1.56 bits per heavy atom. The van der Waals surface area contributed by atoms with Gasteiger partial charge in [-0.2, -0.15) is 0 Å². The van der Waals surface area contributed by atoms with Crippen molar-refractivity contribution >= 4 is 6.09 Å². The highest BCUT2D eigenvalue weighted by molar-refractivity contribution is 5.68. The fourth-order valence-corrected chi connectivity index (χ4v) is 5.60. The van der Waals surface area contributed by atoms with Crippen molar-refractivity contribution in [1.29, 1.82) is 0 Å². The van der Waals surface area contributed by atoms with Crippen molar-refractivity contribution < 1.29 is 27.5 Å². The summed E-state index contributed by atoms with van der Waals surface area (Å²) in [5.41, 5.74) is 0.900. The lowest BCUT2D eigenvalue weighted by atomic mass is 9.81. The second kappa shape index (κ2) is 10.7. The van der Waals surface area contributed by atoms with Gasteiger partial charge in [-0.1, -0.05) is 42.5 Å². The predicted molar refractivity (Wildman–Crippen MR) is 132 cm³/mol. The summed E-state index contributed by atoms with van der Waals surface area (Å²) in [4.78, 5) is 13.1. The zero-order valence-electron chi connectivity index (χ0n) is 20.1. The van der Waals surface area contributed by atoms with Crippen LogP contribution in [0.25, 0.3) is 0 Å². The van der Waals surface area contributed by atoms with E-state index in [1.807, 2.05) is 30.3 Å². The number of quaternary nitrogens is 1. The van der Waals surface area contributed by atoms with Crippen molar-refractivity contribution in [1.82, 2.24) is 5.32 Å². The number of fused-ring (bicyclic) bond motifs is 3. The number of alkyl carbamates (subject to hydrolysis) is 1. The molecule has 0 radical (unpaired) electrons. The maximum Gasteiger partial charge on any atom is 0.408 e. The van der Waals surface area contributed by atoms with Crippen molar-refractivity contribution in [3.8, 4) is 5.75 Å². The average Bonchev–Trinajstić information content (AvgIpc) is 2.88. The van der Waals surface area contributed by atoms with Crippen LogP contribution in [0.4, 0.5) is 13.6 Å². The second-order valence-corrected chi connectivity index (χ2v) is 9.84. The number of para-hydroxylation sites is 1. The van der Waals surface area contributed by atoms with Crippen molar-refractivity contribution in [3.63, 3.8) is 0 Å². The van der Waals surface area contributed by atoms with Gasteiger partial charge in [-0.25, -0.2) is 13.6 Å². The molecule has 7 heteroatoms. The molecular formula is C29H31F2N2O3+. The molecule has 0 saturated carbocycles. The summed E-state index contributed by atoms with van der Waals surface area (Å²) in [5.74, 6) is 0.370. The van der Waals surface area contributed by atoms with Gasteiger partial charge in [0.25, 0.3) is 0 Å². The number of nitrogens with zero attached hydrogens (tertiary/aromatic N) is 1. The second-order valence-electron chi connectivity index (χ2n) is 9.84. The van der Waals surface area contributed by atoms with Gasteiger partial charge < -0.3 is 19.3 Å². The maximum absolute atomic E-state index is 13.9. The van der Waals surface area contributed by atoms with E-state index in [9.17, 15) is 13.6 Å². The number of benzene rings is 3. The Morgan fingerprint density at radius 1 is 0.917 bits per heavy atom. The van der Waals surface area contributed by atoms with Crippen molar-refractivity contribution in [2.24, 2.45) is 5.92 Å². The number of carbonyl (C=O) groups is 1. The molecule has 1 atom stereocenters. The number of halogens is 2. The first kappa shape index (κ1) is 24.3. The van der Waals surface area contributed by atoms with Crippen LogP contribution in [0.15, 0.2) is 78.9 Å². The Kier molecular flexibility index (Phi) is 7.18. The summed E-state index contributed by atoms with van der Waals surface area (Å²) in [7, 11) is 0. The van der Waals surface area contributed by atoms with Crippen LogP contribution in [-0.2, 0) is 4.74 Å². The van der Waals surface area contributed by atoms with Gasteiger partial charge in [-0.15, -0.1) is 0 Å². The molecule has 0 spiro atoms. The normalized spacial score (nSPS) is 22.9. The molecule has 3 aliphatic rings. The van der Waals surface area contributed by atoms with Gasteiger partial charge in [0.1, 0.15) is 30.5 Å². The molecule has 188 valence electrons. The third-order valence-electron chi connectivity index (χ3n) is 7.51. The van der Waals surface area contributed by atoms with Gasteiger partial charge >= 0.3 is 6.09 Å². The molecule has 5 nitrogen and oxygen atoms in total. The van der Waals surface area contributed by atoms with E-state index in [1.54, 1.807) is 24.3 Å². The Labute approximate surface area is 210 Å². The number of nitrogens with one attached hydrogen (secondary N) is 1. The minimum Gasteiger partial charge on any atom is -0.488 e. The first-order valence-corrected chi connectivity index (χ1v) is 12.5. The molecule has 1 unspecified atom stereocenters. The molecule has 2 bridgehead atoms. The molecule has 3 aromatic carbocycles. The highest BCUT2D eigenvalue weighted by Gasteiger charge is 2.46. The monoisotopic (exact) mass is 493 g/mol. The maximum atomic E-state index is 13.9. The number of carbonyl (C=O) groups excluding carboxylic acids is 1. The topological polar surface area (TPSA) is 47.6 Å². The minimum atomic E-state index is -0.917. The first-order chi connectivity index (χ1) is 17.5. The fraction of sp³-hybridized carbons (Fsp3) is 0.345. The van der Waals surface area contributed by atoms with Gasteiger partial charge in [0.05, 0.1) is 25.7 Å². The lowest BCUT2D eigenvalue weighted by Crippen LogP contribution is -2.68. The summed E-state index contributed by atoms with van der Waals surface area (Å²) >= 11 is 0. The molecular weight excluding hydrogens is 462 g/mol. The summed E-state index contributed by atoms with van der Waals surface area (Å²) in [5, 5.41) is 3.08. The SMILES string of the molecule is O=C(NC1C[N+]2(CCOc3ccccc3)CCC1CC2)OC(c1cccc(F)c1)c1cccc(F)c1. The zero-order valence-corrected chi connectivity index (χ0v) is 20.1. The van der Waals surface area contributed by atoms with Gasteiger partial charge in [-0.3, -0.25) is 0 Å². The third kappa shape index (κ3) is 5.68. The number of piperidine rings is 3. The van der Waals surface area contributed by atoms with Crippen LogP contribution >= 0.6 is 0 Å². The molecule has 0 aromatic heterocycles. The Balaban J connectivity index is 1.24. The molecule has 6 rings (SSSR count). The Hall–Kier alpha value is -3.45. The Morgan fingerprint density at radius 3 is 2.17 bits per heavy atom. The summed E-state index contributed by atoms with van der Waals surface area (Å²) < 4.78 is 40.5. The quantitative estimate of drug-likeness (QED) is 0.424. The highest BCUT2D eigenvalue weighted by Crippen LogP contribution is 2.34. The van der Waals surface area contributed by atoms with Crippen LogP contribution in [0.3, 0.4) is 0 Å². The molecule has 3 fully saturated rings. The number of hydrogen-bond donors (Lipinski definition) is 1. The van der Waals surface area contributed by atoms with E-state index < -0.39 is 23.8 Å². The van der Waals surface area contributed by atoms with Gasteiger partial charge in [0.15, 0.2) is 6.10 Å². The van der Waals surface area contributed by atoms with Gasteiger partial charge in [0, 0.05) is 12.8 Å². The third-order valence-corrected chi connectivity index (χ3v) is 7.51. The highest BCUT2D eigenvalue weighted by atomic mass is 19.1. The lowest BCUT2D eigenvalue weighted by Gasteiger charge is -2.52. The van der Waals surface area contributed by atoms with Crippen LogP contribution in [0.5, 0.6) is 5.75 Å². The van der Waals surface area contributed by atoms with Crippen LogP contribution in [0, 0.1) is 17.6 Å². The summed E-state index contributed by atoms with van der Waals surface area (Å²) in [6.45, 7) is 4.47. The zero-order chi connectivity index (χ0) is 25.0. The number of hydrogen-bond acceptors (Lipinski definition) is 3. The molecule has 0 aliphatic carbocycles. The Bertz CT molecular complexity index is 1140. The fourth-order valence-electron chi connectivity index (χ4n) is 5.60. The van der Waals surface area contributed by atoms with E-state index in [0.717, 1.165) is 49.3 Å². The van der Waals surface area contributed by atoms with Crippen LogP contribution in [0.1, 0.15) is 30.1 Å². The molecule has 3 aliphatic heterocycles. The average molecular weight is 494 g/mol. The van der Waals surface area contributed by atoms with E-state index in [4.69, 9.17) is 9.47 Å². The molecule has 3 saturated heterocycles. The van der Waals surface area contributed by atoms with Crippen molar-refractivity contribution in [2.45, 2.75) is 25.0 Å². The molecule has 3 aromatic rings. The van der Waals surface area contributed by atoms with Crippen molar-refractivity contribution in [3.05, 3.63) is 102 Å². The lowest BCUT2D eigenvalue weighted by molar-refractivity contribution is -0.943. The minimum absolute atomic E-state index is 0.0163. The van der Waals surface area contributed by atoms with Crippen LogP contribution < -0.4 is 10.1 Å². The molecule has 1 N–H and O–H groups in total. The van der Waals surface area contributed by atoms with E-state index >= 15 is 0 Å². The number of rotatable bonds is 8. The van der Waals surface area contributed by atoms with Gasteiger partial charge in [-0.05, 0) is 53.4 Å². The summed E-state index contributed by atoms with van der Waals surface area (Å²) in [6.07, 6.45) is 0.576. The van der Waals surface area contributed by atoms with Crippen LogP contribution in [-0.4, -0.2) is 49.4 Å². The predicted octanol–water partition coefficient (Wildman–Crippen LogP) is 5.47. The van der Waals surface area contributed by atoms with Gasteiger partial charge in [0.2, 0.25) is 0 Å². The van der Waals surface area contributed by atoms with E-state index in [2.05, 4.69) is 5.32 Å². The standard InChI is InChI=1S/C29H30F2N2O3/c30-24-8-4-6-22(18-24)28(23-7-5-9-25(31)19-23)36-29(34)32-27-20-33(14-12-21(27)13-15-33)16-17-35-26-10-2-1-3-11-26/h1-11,18-19,21,27-28H,12-17,20H2/p+1. The smallest absolute Gasteiger partial charge is 0.408 e. The first-order valence-electron chi connectivity index (χ1n) is 12.5. The number of ether oxygens (including phenoxy) is 2. The van der Waals surface area contributed by atoms with E-state index in [1.165, 1.54) is 24.3 Å². The number of amides is 1.